The van der Waals surface area contributed by atoms with Gasteiger partial charge in [0.1, 0.15) is 0 Å². The minimum Gasteiger partial charge on any atom is -0.312 e. The maximum absolute atomic E-state index is 3.56. The van der Waals surface area contributed by atoms with Crippen molar-refractivity contribution in [2.24, 2.45) is 0 Å². The molecule has 0 aliphatic heterocycles. The summed E-state index contributed by atoms with van der Waals surface area (Å²) in [6, 6.07) is 8.79. The lowest BCUT2D eigenvalue weighted by atomic mass is 10.1. The van der Waals surface area contributed by atoms with Gasteiger partial charge in [-0.3, -0.25) is 0 Å². The molecular weight excluding hydrogens is 246 g/mol. The Morgan fingerprint density at radius 2 is 2.15 bits per heavy atom. The molecule has 0 radical (unpaired) electrons. The van der Waals surface area contributed by atoms with Crippen LogP contribution in [0.4, 0.5) is 0 Å². The highest BCUT2D eigenvalue weighted by molar-refractivity contribution is 9.10. The van der Waals surface area contributed by atoms with E-state index in [-0.39, 0.29) is 0 Å². The molecule has 0 fully saturated rings. The summed E-state index contributed by atoms with van der Waals surface area (Å²) >= 11 is 5.41. The van der Waals surface area contributed by atoms with Crippen LogP contribution in [0.2, 0.25) is 0 Å². The van der Waals surface area contributed by atoms with Gasteiger partial charge in [0.25, 0.3) is 0 Å². The van der Waals surface area contributed by atoms with Gasteiger partial charge in [0, 0.05) is 16.3 Å². The highest BCUT2D eigenvalue weighted by Crippen LogP contribution is 2.24. The van der Waals surface area contributed by atoms with Crippen molar-refractivity contribution in [1.29, 1.82) is 0 Å². The van der Waals surface area contributed by atoms with Gasteiger partial charge < -0.3 is 5.32 Å². The molecular formula is C10H14BrNS. The van der Waals surface area contributed by atoms with Gasteiger partial charge in [0.15, 0.2) is 0 Å². The summed E-state index contributed by atoms with van der Waals surface area (Å²) in [5, 5.41) is 3.31. The minimum atomic E-state index is 0.436. The molecule has 0 bridgehead atoms. The van der Waals surface area contributed by atoms with Crippen molar-refractivity contribution in [1.82, 2.24) is 5.32 Å². The molecule has 1 aromatic rings. The molecule has 0 saturated heterocycles. The topological polar surface area (TPSA) is 12.0 Å². The molecule has 13 heavy (non-hydrogen) atoms. The standard InChI is InChI=1S/C10H14BrNS/c1-12-10(7-13-2)8-5-3-4-6-9(8)11/h3-6,10,12H,7H2,1-2H3. The lowest BCUT2D eigenvalue weighted by Gasteiger charge is -2.16. The van der Waals surface area contributed by atoms with Gasteiger partial charge in [-0.25, -0.2) is 0 Å². The van der Waals surface area contributed by atoms with Crippen LogP contribution in [-0.2, 0) is 0 Å². The Morgan fingerprint density at radius 3 is 2.69 bits per heavy atom. The van der Waals surface area contributed by atoms with Crippen molar-refractivity contribution in [2.75, 3.05) is 19.1 Å². The molecule has 0 saturated carbocycles. The van der Waals surface area contributed by atoms with Crippen molar-refractivity contribution >= 4 is 27.7 Å². The van der Waals surface area contributed by atoms with Crippen LogP contribution >= 0.6 is 27.7 Å². The average Bonchev–Trinajstić information content (AvgIpc) is 2.16. The Kier molecular flexibility index (Phi) is 4.84. The number of nitrogens with one attached hydrogen (secondary N) is 1. The SMILES string of the molecule is CNC(CSC)c1ccccc1Br. The summed E-state index contributed by atoms with van der Waals surface area (Å²) in [5.41, 5.74) is 1.33. The van der Waals surface area contributed by atoms with Crippen molar-refractivity contribution in [3.8, 4) is 0 Å². The Bertz CT molecular complexity index is 265. The average molecular weight is 260 g/mol. The number of hydrogen-bond acceptors (Lipinski definition) is 2. The number of hydrogen-bond donors (Lipinski definition) is 1. The molecule has 1 aromatic carbocycles. The first-order chi connectivity index (χ1) is 6.29. The van der Waals surface area contributed by atoms with Gasteiger partial charge in [-0.15, -0.1) is 0 Å². The van der Waals surface area contributed by atoms with E-state index in [2.05, 4.69) is 45.7 Å². The second-order valence-electron chi connectivity index (χ2n) is 2.82. The molecule has 0 heterocycles. The van der Waals surface area contributed by atoms with Crippen molar-refractivity contribution in [3.63, 3.8) is 0 Å². The van der Waals surface area contributed by atoms with Gasteiger partial charge in [0.2, 0.25) is 0 Å². The van der Waals surface area contributed by atoms with E-state index in [1.165, 1.54) is 10.0 Å². The Balaban J connectivity index is 2.84. The first-order valence-corrected chi connectivity index (χ1v) is 6.39. The molecule has 0 aliphatic rings. The van der Waals surface area contributed by atoms with Gasteiger partial charge in [-0.2, -0.15) is 11.8 Å². The predicted molar refractivity (Wildman–Crippen MR) is 64.3 cm³/mol. The monoisotopic (exact) mass is 259 g/mol. The van der Waals surface area contributed by atoms with E-state index in [1.807, 2.05) is 24.9 Å². The zero-order chi connectivity index (χ0) is 9.68. The summed E-state index contributed by atoms with van der Waals surface area (Å²) in [7, 11) is 2.00. The fraction of sp³-hybridized carbons (Fsp3) is 0.400. The van der Waals surface area contributed by atoms with E-state index in [9.17, 15) is 0 Å². The zero-order valence-electron chi connectivity index (χ0n) is 7.88. The van der Waals surface area contributed by atoms with Crippen LogP contribution in [0, 0.1) is 0 Å². The van der Waals surface area contributed by atoms with Crippen molar-refractivity contribution in [2.45, 2.75) is 6.04 Å². The van der Waals surface area contributed by atoms with E-state index in [1.54, 1.807) is 0 Å². The van der Waals surface area contributed by atoms with Crippen LogP contribution in [0.15, 0.2) is 28.7 Å². The van der Waals surface area contributed by atoms with Crippen LogP contribution in [-0.4, -0.2) is 19.1 Å². The highest BCUT2D eigenvalue weighted by Gasteiger charge is 2.10. The third-order valence-corrected chi connectivity index (χ3v) is 3.35. The number of halogens is 1. The molecule has 0 amide bonds. The zero-order valence-corrected chi connectivity index (χ0v) is 10.3. The lowest BCUT2D eigenvalue weighted by Crippen LogP contribution is -2.18. The van der Waals surface area contributed by atoms with Crippen LogP contribution < -0.4 is 5.32 Å². The molecule has 1 rings (SSSR count). The van der Waals surface area contributed by atoms with Gasteiger partial charge in [0.05, 0.1) is 0 Å². The molecule has 1 N–H and O–H groups in total. The number of thioether (sulfide) groups is 1. The predicted octanol–water partition coefficient (Wildman–Crippen LogP) is 3.07. The molecule has 72 valence electrons. The van der Waals surface area contributed by atoms with E-state index in [4.69, 9.17) is 0 Å². The van der Waals surface area contributed by atoms with Gasteiger partial charge in [-0.05, 0) is 24.9 Å². The minimum absolute atomic E-state index is 0.436. The summed E-state index contributed by atoms with van der Waals surface area (Å²) in [6.45, 7) is 0. The number of benzene rings is 1. The second kappa shape index (κ2) is 5.68. The van der Waals surface area contributed by atoms with E-state index in [0.29, 0.717) is 6.04 Å². The summed E-state index contributed by atoms with van der Waals surface area (Å²) < 4.78 is 1.18. The van der Waals surface area contributed by atoms with Crippen LogP contribution in [0.3, 0.4) is 0 Å². The van der Waals surface area contributed by atoms with E-state index >= 15 is 0 Å². The normalized spacial score (nSPS) is 12.8. The molecule has 0 spiro atoms. The molecule has 1 unspecified atom stereocenters. The third-order valence-electron chi connectivity index (χ3n) is 1.96. The van der Waals surface area contributed by atoms with Crippen LogP contribution in [0.1, 0.15) is 11.6 Å². The largest absolute Gasteiger partial charge is 0.312 e. The quantitative estimate of drug-likeness (QED) is 0.892. The Labute approximate surface area is 92.4 Å². The van der Waals surface area contributed by atoms with E-state index < -0.39 is 0 Å². The molecule has 0 aliphatic carbocycles. The molecule has 0 aromatic heterocycles. The first-order valence-electron chi connectivity index (χ1n) is 4.20. The second-order valence-corrected chi connectivity index (χ2v) is 4.58. The van der Waals surface area contributed by atoms with Gasteiger partial charge in [-0.1, -0.05) is 34.1 Å². The Hall–Kier alpha value is 0.01000. The maximum atomic E-state index is 3.56. The number of rotatable bonds is 4. The van der Waals surface area contributed by atoms with Crippen LogP contribution in [0.25, 0.3) is 0 Å². The van der Waals surface area contributed by atoms with Crippen molar-refractivity contribution in [3.05, 3.63) is 34.3 Å². The summed E-state index contributed by atoms with van der Waals surface area (Å²) in [6.07, 6.45) is 2.13. The van der Waals surface area contributed by atoms with Gasteiger partial charge >= 0.3 is 0 Å². The fourth-order valence-corrected chi connectivity index (χ4v) is 2.49. The molecule has 3 heteroatoms. The smallest absolute Gasteiger partial charge is 0.0420 e. The maximum Gasteiger partial charge on any atom is 0.0420 e. The van der Waals surface area contributed by atoms with Crippen molar-refractivity contribution < 1.29 is 0 Å². The van der Waals surface area contributed by atoms with Crippen LogP contribution in [0.5, 0.6) is 0 Å². The fourth-order valence-electron chi connectivity index (χ4n) is 1.25. The Morgan fingerprint density at radius 1 is 1.46 bits per heavy atom. The molecule has 1 nitrogen and oxygen atoms in total. The first kappa shape index (κ1) is 11.1. The lowest BCUT2D eigenvalue weighted by molar-refractivity contribution is 0.659. The third kappa shape index (κ3) is 3.01. The molecule has 1 atom stereocenters. The highest BCUT2D eigenvalue weighted by atomic mass is 79.9. The summed E-state index contributed by atoms with van der Waals surface area (Å²) in [4.78, 5) is 0. The van der Waals surface area contributed by atoms with E-state index in [0.717, 1.165) is 5.75 Å². The summed E-state index contributed by atoms with van der Waals surface area (Å²) in [5.74, 6) is 1.10.